The third-order valence-corrected chi connectivity index (χ3v) is 12.5. The molecule has 0 saturated carbocycles. The van der Waals surface area contributed by atoms with Crippen LogP contribution < -0.4 is 15.2 Å². The number of hydrogen-bond acceptors (Lipinski definition) is 4. The summed E-state index contributed by atoms with van der Waals surface area (Å²) in [5, 5.41) is 1.17. The van der Waals surface area contributed by atoms with Gasteiger partial charge in [0.05, 0.1) is 27.6 Å². The fourth-order valence-electron chi connectivity index (χ4n) is 9.90. The first-order chi connectivity index (χ1) is 29.7. The second kappa shape index (κ2) is 13.3. The lowest BCUT2D eigenvalue weighted by Gasteiger charge is -2.45. The Morgan fingerprint density at radius 3 is 1.65 bits per heavy atom. The molecule has 2 aliphatic rings. The van der Waals surface area contributed by atoms with Gasteiger partial charge < -0.3 is 14.2 Å². The molecular formula is C56H36N2O2. The Morgan fingerprint density at radius 1 is 0.400 bits per heavy atom. The van der Waals surface area contributed by atoms with Crippen molar-refractivity contribution in [1.29, 1.82) is 0 Å². The van der Waals surface area contributed by atoms with Crippen molar-refractivity contribution in [3.8, 4) is 22.3 Å². The molecule has 2 heterocycles. The number of anilines is 6. The van der Waals surface area contributed by atoms with E-state index in [9.17, 15) is 4.79 Å². The second-order valence-electron chi connectivity index (χ2n) is 15.6. The van der Waals surface area contributed by atoms with Gasteiger partial charge in [-0.15, -0.1) is 0 Å². The summed E-state index contributed by atoms with van der Waals surface area (Å²) in [6, 6.07) is 77.1. The lowest BCUT2D eigenvalue weighted by atomic mass is 9.64. The molecule has 4 nitrogen and oxygen atoms in total. The fraction of sp³-hybridized carbons (Fsp3) is 0.0179. The Kier molecular flexibility index (Phi) is 7.56. The summed E-state index contributed by atoms with van der Waals surface area (Å²) in [6.07, 6.45) is 0. The maximum atomic E-state index is 13.3. The van der Waals surface area contributed by atoms with E-state index in [-0.39, 0.29) is 5.43 Å². The van der Waals surface area contributed by atoms with E-state index in [1.165, 1.54) is 33.4 Å². The molecule has 1 aliphatic heterocycles. The maximum absolute atomic E-state index is 13.3. The highest BCUT2D eigenvalue weighted by molar-refractivity contribution is 5.98. The van der Waals surface area contributed by atoms with Crippen molar-refractivity contribution in [1.82, 2.24) is 0 Å². The van der Waals surface area contributed by atoms with Gasteiger partial charge in [0, 0.05) is 22.7 Å². The van der Waals surface area contributed by atoms with Gasteiger partial charge in [-0.2, -0.15) is 0 Å². The first kappa shape index (κ1) is 34.1. The summed E-state index contributed by atoms with van der Waals surface area (Å²) >= 11 is 0. The standard InChI is InChI=1S/C56H36N2O2/c59-55-45-21-9-14-26-53(45)60-54-35-38(29-33-46(54)55)37-27-30-41(31-28-37)58-51-25-13-12-24-49(51)56(47-22-10-7-19-43(47)44-20-8-11-23-48(44)56)50-34-32-42(36-52(50)58)57(39-15-3-1-4-16-39)40-17-5-2-6-18-40/h1-36H. The Bertz CT molecular complexity index is 3270. The van der Waals surface area contributed by atoms with E-state index in [0.717, 1.165) is 45.3 Å². The molecule has 0 atom stereocenters. The molecule has 60 heavy (non-hydrogen) atoms. The zero-order valence-corrected chi connectivity index (χ0v) is 32.5. The van der Waals surface area contributed by atoms with Crippen molar-refractivity contribution in [2.75, 3.05) is 9.80 Å². The van der Waals surface area contributed by atoms with Gasteiger partial charge in [-0.05, 0) is 123 Å². The number of benzene rings is 9. The molecule has 0 radical (unpaired) electrons. The van der Waals surface area contributed by atoms with E-state index < -0.39 is 5.41 Å². The molecule has 1 spiro atoms. The zero-order chi connectivity index (χ0) is 39.8. The average Bonchev–Trinajstić information content (AvgIpc) is 3.60. The summed E-state index contributed by atoms with van der Waals surface area (Å²) in [5.41, 5.74) is 16.7. The number of rotatable bonds is 5. The van der Waals surface area contributed by atoms with Gasteiger partial charge in [0.2, 0.25) is 5.43 Å². The van der Waals surface area contributed by atoms with Crippen LogP contribution in [0.3, 0.4) is 0 Å². The van der Waals surface area contributed by atoms with E-state index in [4.69, 9.17) is 4.42 Å². The number of fused-ring (bicyclic) bond motifs is 11. The number of hydrogen-bond donors (Lipinski definition) is 0. The Labute approximate surface area is 347 Å². The van der Waals surface area contributed by atoms with Gasteiger partial charge in [-0.1, -0.05) is 140 Å². The van der Waals surface area contributed by atoms with Crippen molar-refractivity contribution >= 4 is 56.1 Å². The molecule has 4 heteroatoms. The van der Waals surface area contributed by atoms with E-state index in [2.05, 4.69) is 186 Å². The lowest BCUT2D eigenvalue weighted by molar-refractivity contribution is 0.660. The van der Waals surface area contributed by atoms with Crippen LogP contribution in [0.2, 0.25) is 0 Å². The molecule has 0 saturated heterocycles. The average molecular weight is 769 g/mol. The number of nitrogens with zero attached hydrogens (tertiary/aromatic N) is 2. The highest BCUT2D eigenvalue weighted by atomic mass is 16.3. The summed E-state index contributed by atoms with van der Waals surface area (Å²) in [5.74, 6) is 0. The third-order valence-electron chi connectivity index (χ3n) is 12.5. The van der Waals surface area contributed by atoms with Crippen molar-refractivity contribution in [2.45, 2.75) is 5.41 Å². The van der Waals surface area contributed by atoms with Gasteiger partial charge in [0.25, 0.3) is 0 Å². The summed E-state index contributed by atoms with van der Waals surface area (Å²) in [4.78, 5) is 18.1. The van der Waals surface area contributed by atoms with Crippen LogP contribution in [-0.4, -0.2) is 0 Å². The smallest absolute Gasteiger partial charge is 0.200 e. The predicted molar refractivity (Wildman–Crippen MR) is 246 cm³/mol. The van der Waals surface area contributed by atoms with Crippen LogP contribution in [0.4, 0.5) is 34.1 Å². The van der Waals surface area contributed by atoms with Crippen LogP contribution in [0, 0.1) is 0 Å². The molecule has 0 N–H and O–H groups in total. The summed E-state index contributed by atoms with van der Waals surface area (Å²) in [6.45, 7) is 0. The maximum Gasteiger partial charge on any atom is 0.200 e. The van der Waals surface area contributed by atoms with Crippen LogP contribution in [0.1, 0.15) is 22.3 Å². The Hall–Kier alpha value is -7.95. The van der Waals surface area contributed by atoms with Crippen molar-refractivity contribution < 1.29 is 4.42 Å². The predicted octanol–water partition coefficient (Wildman–Crippen LogP) is 14.2. The molecule has 9 aromatic carbocycles. The summed E-state index contributed by atoms with van der Waals surface area (Å²) < 4.78 is 6.26. The highest BCUT2D eigenvalue weighted by Crippen LogP contribution is 2.63. The molecule has 282 valence electrons. The molecular weight excluding hydrogens is 733 g/mol. The first-order valence-electron chi connectivity index (χ1n) is 20.4. The lowest BCUT2D eigenvalue weighted by Crippen LogP contribution is -2.36. The second-order valence-corrected chi connectivity index (χ2v) is 15.6. The van der Waals surface area contributed by atoms with Gasteiger partial charge >= 0.3 is 0 Å². The third kappa shape index (κ3) is 4.94. The number of para-hydroxylation sites is 4. The molecule has 1 aliphatic carbocycles. The zero-order valence-electron chi connectivity index (χ0n) is 32.5. The van der Waals surface area contributed by atoms with Crippen LogP contribution in [0.25, 0.3) is 44.2 Å². The topological polar surface area (TPSA) is 36.7 Å². The van der Waals surface area contributed by atoms with E-state index >= 15 is 0 Å². The highest BCUT2D eigenvalue weighted by Gasteiger charge is 2.51. The Balaban J connectivity index is 1.08. The first-order valence-corrected chi connectivity index (χ1v) is 20.4. The molecule has 0 bridgehead atoms. The largest absolute Gasteiger partial charge is 0.456 e. The summed E-state index contributed by atoms with van der Waals surface area (Å²) in [7, 11) is 0. The quantitative estimate of drug-likeness (QED) is 0.163. The molecule has 0 amide bonds. The van der Waals surface area contributed by atoms with Crippen LogP contribution >= 0.6 is 0 Å². The minimum atomic E-state index is -0.544. The molecule has 1 aromatic heterocycles. The van der Waals surface area contributed by atoms with E-state index in [1.807, 2.05) is 42.5 Å². The van der Waals surface area contributed by atoms with Gasteiger partial charge in [0.15, 0.2) is 0 Å². The van der Waals surface area contributed by atoms with E-state index in [0.29, 0.717) is 21.9 Å². The molecule has 0 unspecified atom stereocenters. The van der Waals surface area contributed by atoms with Crippen molar-refractivity contribution in [3.05, 3.63) is 251 Å². The van der Waals surface area contributed by atoms with E-state index in [1.54, 1.807) is 0 Å². The molecule has 10 aromatic rings. The monoisotopic (exact) mass is 768 g/mol. The SMILES string of the molecule is O=c1c2ccccc2oc2cc(-c3ccc(N4c5ccccc5C5(c6ccccc6-c6ccccc65)c5ccc(N(c6ccccc6)c6ccccc6)cc54)cc3)ccc12. The van der Waals surface area contributed by atoms with Crippen LogP contribution in [0.15, 0.2) is 228 Å². The van der Waals surface area contributed by atoms with Gasteiger partial charge in [-0.3, -0.25) is 4.79 Å². The van der Waals surface area contributed by atoms with Crippen LogP contribution in [-0.2, 0) is 5.41 Å². The molecule has 12 rings (SSSR count). The molecule has 0 fully saturated rings. The normalized spacial score (nSPS) is 13.2. The van der Waals surface area contributed by atoms with Crippen molar-refractivity contribution in [3.63, 3.8) is 0 Å². The minimum Gasteiger partial charge on any atom is -0.456 e. The minimum absolute atomic E-state index is 0.0149. The van der Waals surface area contributed by atoms with Gasteiger partial charge in [-0.25, -0.2) is 0 Å². The van der Waals surface area contributed by atoms with Gasteiger partial charge in [0.1, 0.15) is 11.2 Å². The van der Waals surface area contributed by atoms with Crippen LogP contribution in [0.5, 0.6) is 0 Å². The fourth-order valence-corrected chi connectivity index (χ4v) is 9.90. The Morgan fingerprint density at radius 2 is 0.950 bits per heavy atom. The van der Waals surface area contributed by atoms with Crippen molar-refractivity contribution in [2.24, 2.45) is 0 Å².